The van der Waals surface area contributed by atoms with Gasteiger partial charge in [-0.2, -0.15) is 0 Å². The number of anilines is 1. The van der Waals surface area contributed by atoms with Crippen LogP contribution in [-0.4, -0.2) is 50.0 Å². The third-order valence-corrected chi connectivity index (χ3v) is 7.24. The molecule has 180 valence electrons. The standard InChI is InChI=1S/C24H32BrN3O4S/c1-6-18(3)26-24(30)19(4)27(15-20-13-11-17(2)12-14-20)23(29)16-28(33(5,31)32)22-10-8-7-9-21(22)25/h7-14,18-19H,6,15-16H2,1-5H3,(H,26,30)/t18-,19-/m1/s1. The fourth-order valence-corrected chi connectivity index (χ4v) is 4.66. The fourth-order valence-electron chi connectivity index (χ4n) is 3.19. The summed E-state index contributed by atoms with van der Waals surface area (Å²) in [5, 5.41) is 2.91. The summed E-state index contributed by atoms with van der Waals surface area (Å²) in [6.07, 6.45) is 1.82. The van der Waals surface area contributed by atoms with E-state index in [1.807, 2.05) is 45.0 Å². The molecule has 0 aliphatic rings. The molecule has 0 bridgehead atoms. The summed E-state index contributed by atoms with van der Waals surface area (Å²) in [5.41, 5.74) is 2.29. The minimum atomic E-state index is -3.76. The smallest absolute Gasteiger partial charge is 0.244 e. The number of para-hydroxylation sites is 1. The minimum Gasteiger partial charge on any atom is -0.352 e. The van der Waals surface area contributed by atoms with Crippen molar-refractivity contribution in [1.82, 2.24) is 10.2 Å². The van der Waals surface area contributed by atoms with Crippen LogP contribution >= 0.6 is 15.9 Å². The first-order valence-electron chi connectivity index (χ1n) is 10.8. The Morgan fingerprint density at radius 2 is 1.67 bits per heavy atom. The number of amides is 2. The first-order valence-corrected chi connectivity index (χ1v) is 13.5. The van der Waals surface area contributed by atoms with Gasteiger partial charge in [-0.25, -0.2) is 8.42 Å². The highest BCUT2D eigenvalue weighted by molar-refractivity contribution is 9.10. The Bertz CT molecular complexity index is 1070. The number of nitrogens with one attached hydrogen (secondary N) is 1. The first-order chi connectivity index (χ1) is 15.4. The van der Waals surface area contributed by atoms with Gasteiger partial charge in [0.25, 0.3) is 0 Å². The zero-order valence-electron chi connectivity index (χ0n) is 19.7. The van der Waals surface area contributed by atoms with Crippen molar-refractivity contribution in [3.63, 3.8) is 0 Å². The lowest BCUT2D eigenvalue weighted by Gasteiger charge is -2.32. The summed E-state index contributed by atoms with van der Waals surface area (Å²) in [6, 6.07) is 13.7. The Kier molecular flexibility index (Phi) is 9.48. The Morgan fingerprint density at radius 1 is 1.06 bits per heavy atom. The zero-order chi connectivity index (χ0) is 24.8. The molecule has 2 atom stereocenters. The fraction of sp³-hybridized carbons (Fsp3) is 0.417. The number of nitrogens with zero attached hydrogens (tertiary/aromatic N) is 2. The largest absolute Gasteiger partial charge is 0.352 e. The maximum absolute atomic E-state index is 13.5. The van der Waals surface area contributed by atoms with E-state index in [1.54, 1.807) is 31.2 Å². The van der Waals surface area contributed by atoms with E-state index in [4.69, 9.17) is 0 Å². The topological polar surface area (TPSA) is 86.8 Å². The second kappa shape index (κ2) is 11.7. The van der Waals surface area contributed by atoms with Gasteiger partial charge in [0.05, 0.1) is 11.9 Å². The van der Waals surface area contributed by atoms with Gasteiger partial charge in [0.1, 0.15) is 12.6 Å². The molecular weight excluding hydrogens is 506 g/mol. The molecule has 7 nitrogen and oxygen atoms in total. The van der Waals surface area contributed by atoms with E-state index in [0.29, 0.717) is 10.2 Å². The van der Waals surface area contributed by atoms with Crippen molar-refractivity contribution in [1.29, 1.82) is 0 Å². The maximum atomic E-state index is 13.5. The Hall–Kier alpha value is -2.39. The Balaban J connectivity index is 2.39. The van der Waals surface area contributed by atoms with Crippen LogP contribution in [0.2, 0.25) is 0 Å². The molecule has 2 aromatic carbocycles. The number of carbonyl (C=O) groups is 2. The van der Waals surface area contributed by atoms with E-state index < -0.39 is 28.5 Å². The monoisotopic (exact) mass is 537 g/mol. The van der Waals surface area contributed by atoms with Crippen molar-refractivity contribution in [2.45, 2.75) is 52.7 Å². The van der Waals surface area contributed by atoms with Gasteiger partial charge in [0, 0.05) is 17.1 Å². The minimum absolute atomic E-state index is 0.0379. The summed E-state index contributed by atoms with van der Waals surface area (Å²) < 4.78 is 26.8. The summed E-state index contributed by atoms with van der Waals surface area (Å²) in [5.74, 6) is -0.750. The average molecular weight is 539 g/mol. The molecule has 0 radical (unpaired) electrons. The SMILES string of the molecule is CC[C@@H](C)NC(=O)[C@@H](C)N(Cc1ccc(C)cc1)C(=O)CN(c1ccccc1Br)S(C)(=O)=O. The van der Waals surface area contributed by atoms with Crippen molar-refractivity contribution < 1.29 is 18.0 Å². The van der Waals surface area contributed by atoms with E-state index in [9.17, 15) is 18.0 Å². The molecule has 1 N–H and O–H groups in total. The lowest BCUT2D eigenvalue weighted by molar-refractivity contribution is -0.139. The molecule has 33 heavy (non-hydrogen) atoms. The van der Waals surface area contributed by atoms with Gasteiger partial charge in [0.2, 0.25) is 21.8 Å². The van der Waals surface area contributed by atoms with E-state index in [1.165, 1.54) is 4.90 Å². The molecule has 0 aliphatic heterocycles. The number of hydrogen-bond donors (Lipinski definition) is 1. The molecular formula is C24H32BrN3O4S. The predicted octanol–water partition coefficient (Wildman–Crippen LogP) is 3.86. The van der Waals surface area contributed by atoms with Crippen molar-refractivity contribution in [2.75, 3.05) is 17.1 Å². The molecule has 0 unspecified atom stereocenters. The van der Waals surface area contributed by atoms with Gasteiger partial charge in [-0.1, -0.05) is 48.9 Å². The van der Waals surface area contributed by atoms with Gasteiger partial charge in [-0.15, -0.1) is 0 Å². The van der Waals surface area contributed by atoms with Crippen LogP contribution in [0, 0.1) is 6.92 Å². The number of aryl methyl sites for hydroxylation is 1. The number of sulfonamides is 1. The second-order valence-electron chi connectivity index (χ2n) is 8.22. The predicted molar refractivity (Wildman–Crippen MR) is 135 cm³/mol. The number of halogens is 1. The molecule has 2 amide bonds. The van der Waals surface area contributed by atoms with Crippen LogP contribution in [-0.2, 0) is 26.2 Å². The lowest BCUT2D eigenvalue weighted by Crippen LogP contribution is -2.52. The number of benzene rings is 2. The van der Waals surface area contributed by atoms with E-state index in [0.717, 1.165) is 28.1 Å². The van der Waals surface area contributed by atoms with Gasteiger partial charge < -0.3 is 10.2 Å². The molecule has 2 rings (SSSR count). The highest BCUT2D eigenvalue weighted by Gasteiger charge is 2.31. The molecule has 0 heterocycles. The van der Waals surface area contributed by atoms with Crippen LogP contribution in [0.1, 0.15) is 38.3 Å². The highest BCUT2D eigenvalue weighted by Crippen LogP contribution is 2.28. The first kappa shape index (κ1) is 26.9. The van der Waals surface area contributed by atoms with Gasteiger partial charge in [-0.3, -0.25) is 13.9 Å². The highest BCUT2D eigenvalue weighted by atomic mass is 79.9. The molecule has 0 spiro atoms. The second-order valence-corrected chi connectivity index (χ2v) is 11.0. The molecule has 0 saturated carbocycles. The van der Waals surface area contributed by atoms with Crippen LogP contribution in [0.15, 0.2) is 53.0 Å². The Labute approximate surface area is 205 Å². The number of rotatable bonds is 10. The van der Waals surface area contributed by atoms with Crippen LogP contribution in [0.25, 0.3) is 0 Å². The van der Waals surface area contributed by atoms with E-state index >= 15 is 0 Å². The van der Waals surface area contributed by atoms with E-state index in [2.05, 4.69) is 21.2 Å². The third-order valence-electron chi connectivity index (χ3n) is 5.44. The van der Waals surface area contributed by atoms with E-state index in [-0.39, 0.29) is 18.5 Å². The average Bonchev–Trinajstić information content (AvgIpc) is 2.76. The van der Waals surface area contributed by atoms with Crippen LogP contribution in [0.5, 0.6) is 0 Å². The third kappa shape index (κ3) is 7.57. The van der Waals surface area contributed by atoms with Crippen LogP contribution < -0.4 is 9.62 Å². The van der Waals surface area contributed by atoms with Gasteiger partial charge >= 0.3 is 0 Å². The van der Waals surface area contributed by atoms with Crippen LogP contribution in [0.3, 0.4) is 0 Å². The summed E-state index contributed by atoms with van der Waals surface area (Å²) in [6.45, 7) is 7.25. The summed E-state index contributed by atoms with van der Waals surface area (Å²) in [4.78, 5) is 27.8. The molecule has 0 aliphatic carbocycles. The van der Waals surface area contributed by atoms with Crippen molar-refractivity contribution >= 4 is 43.5 Å². The van der Waals surface area contributed by atoms with Crippen molar-refractivity contribution in [3.8, 4) is 0 Å². The number of hydrogen-bond acceptors (Lipinski definition) is 4. The van der Waals surface area contributed by atoms with Gasteiger partial charge in [-0.05, 0) is 60.8 Å². The summed E-state index contributed by atoms with van der Waals surface area (Å²) in [7, 11) is -3.76. The van der Waals surface area contributed by atoms with Crippen molar-refractivity contribution in [3.05, 3.63) is 64.1 Å². The zero-order valence-corrected chi connectivity index (χ0v) is 22.1. The summed E-state index contributed by atoms with van der Waals surface area (Å²) >= 11 is 3.37. The molecule has 0 saturated heterocycles. The number of carbonyl (C=O) groups excluding carboxylic acids is 2. The molecule has 2 aromatic rings. The normalized spacial score (nSPS) is 13.2. The molecule has 0 aromatic heterocycles. The van der Waals surface area contributed by atoms with Crippen LogP contribution in [0.4, 0.5) is 5.69 Å². The molecule has 9 heteroatoms. The molecule has 0 fully saturated rings. The van der Waals surface area contributed by atoms with Crippen molar-refractivity contribution in [2.24, 2.45) is 0 Å². The Morgan fingerprint density at radius 3 is 2.21 bits per heavy atom. The maximum Gasteiger partial charge on any atom is 0.244 e. The van der Waals surface area contributed by atoms with Gasteiger partial charge in [0.15, 0.2) is 0 Å². The quantitative estimate of drug-likeness (QED) is 0.498. The lowest BCUT2D eigenvalue weighted by atomic mass is 10.1.